The second-order valence-corrected chi connectivity index (χ2v) is 6.95. The zero-order valence-electron chi connectivity index (χ0n) is 16.4. The number of rotatable bonds is 10. The van der Waals surface area contributed by atoms with E-state index in [9.17, 15) is 9.90 Å². The first-order valence-corrected chi connectivity index (χ1v) is 9.92. The van der Waals surface area contributed by atoms with Crippen molar-refractivity contribution in [3.05, 3.63) is 48.6 Å². The van der Waals surface area contributed by atoms with Crippen LogP contribution in [0.1, 0.15) is 58.8 Å². The number of hydrogen-bond donors (Lipinski definition) is 2. The number of allylic oxidation sites excluding steroid dienone is 7. The van der Waals surface area contributed by atoms with E-state index in [1.54, 1.807) is 11.8 Å². The number of nitrogens with zero attached hydrogens (tertiary/aromatic N) is 1. The standard InChI is InChI=1S/C22H36N2O2/c1-3-4-5-6-7-8-9-10-11-12-13-14-15-16-20-17-22(26)21(23)18-24(20)19(2)25/h6-9,13-16,20-22,26H,3-5,10-12,17-18,23H2,1-2H3/b7-6+,9-8+,14-13+,16-15+/t20-,21?,22+/m1/s1. The molecule has 1 aliphatic heterocycles. The third kappa shape index (κ3) is 9.16. The SMILES string of the molecule is CCCC/C=C/C=C/CCC/C=C/C=C/[C@@H]1C[C@H](O)C(N)CN1C(C)=O. The van der Waals surface area contributed by atoms with Crippen molar-refractivity contribution in [3.63, 3.8) is 0 Å². The second-order valence-electron chi connectivity index (χ2n) is 6.95. The highest BCUT2D eigenvalue weighted by Crippen LogP contribution is 2.18. The van der Waals surface area contributed by atoms with Gasteiger partial charge in [0.25, 0.3) is 0 Å². The molecule has 4 heteroatoms. The molecule has 0 saturated carbocycles. The Hall–Kier alpha value is -1.65. The van der Waals surface area contributed by atoms with Crippen molar-refractivity contribution in [2.75, 3.05) is 6.54 Å². The van der Waals surface area contributed by atoms with Crippen LogP contribution in [0, 0.1) is 0 Å². The van der Waals surface area contributed by atoms with E-state index in [-0.39, 0.29) is 18.0 Å². The molecule has 1 aliphatic rings. The lowest BCUT2D eigenvalue weighted by Gasteiger charge is -2.39. The molecule has 1 unspecified atom stereocenters. The maximum absolute atomic E-state index is 11.7. The fourth-order valence-corrected chi connectivity index (χ4v) is 2.97. The number of nitrogens with two attached hydrogens (primary N) is 1. The number of carbonyl (C=O) groups excluding carboxylic acids is 1. The van der Waals surface area contributed by atoms with E-state index >= 15 is 0 Å². The van der Waals surface area contributed by atoms with E-state index in [2.05, 4.69) is 37.3 Å². The van der Waals surface area contributed by atoms with Crippen molar-refractivity contribution in [1.82, 2.24) is 4.90 Å². The number of aliphatic hydroxyl groups is 1. The first-order chi connectivity index (χ1) is 12.6. The number of amides is 1. The van der Waals surface area contributed by atoms with Gasteiger partial charge < -0.3 is 15.7 Å². The minimum Gasteiger partial charge on any atom is -0.391 e. The molecule has 0 aliphatic carbocycles. The Morgan fingerprint density at radius 2 is 1.65 bits per heavy atom. The number of hydrogen-bond acceptors (Lipinski definition) is 3. The number of piperidine rings is 1. The largest absolute Gasteiger partial charge is 0.391 e. The Balaban J connectivity index is 2.25. The molecule has 26 heavy (non-hydrogen) atoms. The number of likely N-dealkylation sites (tertiary alicyclic amines) is 1. The lowest BCUT2D eigenvalue weighted by atomic mass is 9.95. The van der Waals surface area contributed by atoms with Gasteiger partial charge in [-0.25, -0.2) is 0 Å². The minimum absolute atomic E-state index is 0.00140. The third-order valence-corrected chi connectivity index (χ3v) is 4.62. The molecule has 0 aromatic rings. The molecule has 0 bridgehead atoms. The number of aliphatic hydroxyl groups excluding tert-OH is 1. The Bertz CT molecular complexity index is 508. The summed E-state index contributed by atoms with van der Waals surface area (Å²) in [6.07, 6.45) is 23.7. The fraction of sp³-hybridized carbons (Fsp3) is 0.591. The van der Waals surface area contributed by atoms with Crippen molar-refractivity contribution in [2.45, 2.75) is 77.0 Å². The molecule has 0 aromatic heterocycles. The van der Waals surface area contributed by atoms with Crippen LogP contribution >= 0.6 is 0 Å². The van der Waals surface area contributed by atoms with Gasteiger partial charge in [0.2, 0.25) is 5.91 Å². The van der Waals surface area contributed by atoms with Crippen molar-refractivity contribution >= 4 is 5.91 Å². The monoisotopic (exact) mass is 360 g/mol. The molecule has 146 valence electrons. The molecule has 0 spiro atoms. The first-order valence-electron chi connectivity index (χ1n) is 9.92. The predicted octanol–water partition coefficient (Wildman–Crippen LogP) is 3.88. The van der Waals surface area contributed by atoms with E-state index < -0.39 is 6.10 Å². The summed E-state index contributed by atoms with van der Waals surface area (Å²) in [4.78, 5) is 13.5. The highest BCUT2D eigenvalue weighted by atomic mass is 16.3. The third-order valence-electron chi connectivity index (χ3n) is 4.62. The Kier molecular flexibility index (Phi) is 11.7. The lowest BCUT2D eigenvalue weighted by molar-refractivity contribution is -0.133. The Labute approximate surface area is 159 Å². The normalized spacial score (nSPS) is 24.6. The summed E-state index contributed by atoms with van der Waals surface area (Å²) in [5.74, 6) is 0.00140. The molecule has 3 atom stereocenters. The van der Waals surface area contributed by atoms with Gasteiger partial charge in [-0.05, 0) is 32.1 Å². The summed E-state index contributed by atoms with van der Waals surface area (Å²) in [6, 6.07) is -0.428. The average Bonchev–Trinajstić information content (AvgIpc) is 2.61. The molecule has 3 N–H and O–H groups in total. The molecule has 1 heterocycles. The van der Waals surface area contributed by atoms with Gasteiger partial charge in [0, 0.05) is 19.5 Å². The fourth-order valence-electron chi connectivity index (χ4n) is 2.97. The summed E-state index contributed by atoms with van der Waals surface area (Å²) < 4.78 is 0. The van der Waals surface area contributed by atoms with Crippen LogP contribution in [-0.2, 0) is 4.79 Å². The van der Waals surface area contributed by atoms with Crippen LogP contribution in [0.5, 0.6) is 0 Å². The second kappa shape index (κ2) is 13.5. The summed E-state index contributed by atoms with van der Waals surface area (Å²) in [6.45, 7) is 4.17. The molecule has 1 saturated heterocycles. The molecule has 4 nitrogen and oxygen atoms in total. The van der Waals surface area contributed by atoms with Crippen LogP contribution in [0.25, 0.3) is 0 Å². The summed E-state index contributed by atoms with van der Waals surface area (Å²) in [5, 5.41) is 9.93. The van der Waals surface area contributed by atoms with E-state index in [0.29, 0.717) is 13.0 Å². The predicted molar refractivity (Wildman–Crippen MR) is 110 cm³/mol. The van der Waals surface area contributed by atoms with Crippen molar-refractivity contribution in [2.24, 2.45) is 5.73 Å². The van der Waals surface area contributed by atoms with Crippen molar-refractivity contribution < 1.29 is 9.90 Å². The van der Waals surface area contributed by atoms with E-state index in [4.69, 9.17) is 5.73 Å². The van der Waals surface area contributed by atoms with Crippen molar-refractivity contribution in [3.8, 4) is 0 Å². The quantitative estimate of drug-likeness (QED) is 0.459. The van der Waals surface area contributed by atoms with E-state index in [1.165, 1.54) is 19.3 Å². The smallest absolute Gasteiger partial charge is 0.219 e. The maximum atomic E-state index is 11.7. The first kappa shape index (κ1) is 22.4. The van der Waals surface area contributed by atoms with Crippen LogP contribution in [0.15, 0.2) is 48.6 Å². The van der Waals surface area contributed by atoms with Gasteiger partial charge in [-0.1, -0.05) is 68.4 Å². The van der Waals surface area contributed by atoms with E-state index in [1.807, 2.05) is 18.2 Å². The van der Waals surface area contributed by atoms with Crippen molar-refractivity contribution in [1.29, 1.82) is 0 Å². The van der Waals surface area contributed by atoms with Gasteiger partial charge in [0.15, 0.2) is 0 Å². The van der Waals surface area contributed by atoms with Crippen LogP contribution in [-0.4, -0.2) is 40.6 Å². The van der Waals surface area contributed by atoms with Gasteiger partial charge in [0.05, 0.1) is 12.1 Å². The molecular formula is C22H36N2O2. The van der Waals surface area contributed by atoms with Crippen LogP contribution in [0.4, 0.5) is 0 Å². The highest BCUT2D eigenvalue weighted by molar-refractivity contribution is 5.74. The molecular weight excluding hydrogens is 324 g/mol. The molecule has 0 aromatic carbocycles. The zero-order valence-corrected chi connectivity index (χ0v) is 16.4. The highest BCUT2D eigenvalue weighted by Gasteiger charge is 2.32. The maximum Gasteiger partial charge on any atom is 0.219 e. The molecule has 1 amide bonds. The Morgan fingerprint density at radius 3 is 2.23 bits per heavy atom. The number of unbranched alkanes of at least 4 members (excludes halogenated alkanes) is 4. The van der Waals surface area contributed by atoms with Gasteiger partial charge in [-0.15, -0.1) is 0 Å². The molecule has 1 rings (SSSR count). The summed E-state index contributed by atoms with van der Waals surface area (Å²) >= 11 is 0. The van der Waals surface area contributed by atoms with Gasteiger partial charge in [-0.3, -0.25) is 4.79 Å². The van der Waals surface area contributed by atoms with Crippen LogP contribution < -0.4 is 5.73 Å². The topological polar surface area (TPSA) is 66.6 Å². The molecule has 0 radical (unpaired) electrons. The van der Waals surface area contributed by atoms with Gasteiger partial charge in [0.1, 0.15) is 0 Å². The average molecular weight is 361 g/mol. The minimum atomic E-state index is -0.549. The summed E-state index contributed by atoms with van der Waals surface area (Å²) in [7, 11) is 0. The van der Waals surface area contributed by atoms with Gasteiger partial charge >= 0.3 is 0 Å². The zero-order chi connectivity index (χ0) is 19.2. The lowest BCUT2D eigenvalue weighted by Crippen LogP contribution is -2.56. The van der Waals surface area contributed by atoms with E-state index in [0.717, 1.165) is 19.3 Å². The van der Waals surface area contributed by atoms with Crippen LogP contribution in [0.3, 0.4) is 0 Å². The summed E-state index contributed by atoms with van der Waals surface area (Å²) in [5.41, 5.74) is 5.85. The Morgan fingerprint density at radius 1 is 1.08 bits per heavy atom. The molecule has 1 fully saturated rings. The van der Waals surface area contributed by atoms with Gasteiger partial charge in [-0.2, -0.15) is 0 Å². The number of carbonyl (C=O) groups is 1. The van der Waals surface area contributed by atoms with Crippen LogP contribution in [0.2, 0.25) is 0 Å².